The van der Waals surface area contributed by atoms with Crippen LogP contribution < -0.4 is 16.0 Å². The molecule has 0 saturated carbocycles. The Kier molecular flexibility index (Phi) is 48.7. The van der Waals surface area contributed by atoms with Crippen LogP contribution in [0.4, 0.5) is 0 Å². The van der Waals surface area contributed by atoms with Crippen molar-refractivity contribution in [2.45, 2.75) is 424 Å². The predicted octanol–water partition coefficient (Wildman–Crippen LogP) is 2.87. The smallest absolute Gasteiger partial charge is 0.220 e. The fourth-order valence-electron chi connectivity index (χ4n) is 15.0. The highest BCUT2D eigenvalue weighted by Gasteiger charge is 2.58. The highest BCUT2D eigenvalue weighted by molar-refractivity contribution is 5.76. The van der Waals surface area contributed by atoms with Gasteiger partial charge in [-0.1, -0.05) is 231 Å². The molecule has 5 rings (SSSR count). The van der Waals surface area contributed by atoms with Crippen LogP contribution in [0.3, 0.4) is 0 Å². The zero-order chi connectivity index (χ0) is 79.6. The first-order chi connectivity index (χ1) is 52.6. The molecule has 3 amide bonds. The Labute approximate surface area is 645 Å². The van der Waals surface area contributed by atoms with Gasteiger partial charge in [0.25, 0.3) is 0 Å². The van der Waals surface area contributed by atoms with E-state index in [4.69, 9.17) is 47.4 Å². The first kappa shape index (κ1) is 96.7. The minimum Gasteiger partial charge on any atom is -0.394 e. The zero-order valence-corrected chi connectivity index (χ0v) is 65.5. The summed E-state index contributed by atoms with van der Waals surface area (Å²) in [4.78, 5) is 39.2. The van der Waals surface area contributed by atoms with E-state index in [1.54, 1.807) is 6.08 Å². The van der Waals surface area contributed by atoms with Gasteiger partial charge < -0.3 is 140 Å². The van der Waals surface area contributed by atoms with Crippen molar-refractivity contribution in [3.8, 4) is 0 Å². The number of carbonyl (C=O) groups excluding carboxylic acids is 3. The molecule has 0 aliphatic carbocycles. The lowest BCUT2D eigenvalue weighted by Crippen LogP contribution is -2.71. The zero-order valence-electron chi connectivity index (χ0n) is 65.5. The molecule has 0 aromatic carbocycles. The molecule has 10 unspecified atom stereocenters. The number of hydrogen-bond donors (Lipinski definition) is 18. The molecule has 0 aromatic rings. The van der Waals surface area contributed by atoms with E-state index in [1.165, 1.54) is 161 Å². The molecule has 27 atom stereocenters. The van der Waals surface area contributed by atoms with E-state index >= 15 is 0 Å². The maximum absolute atomic E-state index is 13.6. The van der Waals surface area contributed by atoms with E-state index in [0.717, 1.165) is 65.2 Å². The Hall–Kier alpha value is -2.85. The Bertz CT molecular complexity index is 2410. The molecule has 0 aromatic heterocycles. The minimum absolute atomic E-state index is 0.171. The van der Waals surface area contributed by atoms with Gasteiger partial charge in [-0.15, -0.1) is 0 Å². The van der Waals surface area contributed by atoms with Gasteiger partial charge >= 0.3 is 0 Å². The first-order valence-electron chi connectivity index (χ1n) is 41.5. The summed E-state index contributed by atoms with van der Waals surface area (Å²) in [5.74, 6) is -1.97. The van der Waals surface area contributed by atoms with Crippen LogP contribution in [0.1, 0.15) is 259 Å². The number of hydrogen-bond acceptors (Lipinski definition) is 28. The van der Waals surface area contributed by atoms with Crippen LogP contribution in [0.2, 0.25) is 0 Å². The molecular formula is C78H143N3O28. The molecule has 5 aliphatic heterocycles. The van der Waals surface area contributed by atoms with Crippen molar-refractivity contribution in [1.29, 1.82) is 0 Å². The first-order valence-corrected chi connectivity index (χ1v) is 41.5. The molecule has 0 radical (unpaired) electrons. The summed E-state index contributed by atoms with van der Waals surface area (Å²) < 4.78 is 60.3. The van der Waals surface area contributed by atoms with Gasteiger partial charge in [0, 0.05) is 20.3 Å². The maximum Gasteiger partial charge on any atom is 0.220 e. The van der Waals surface area contributed by atoms with Crippen molar-refractivity contribution in [1.82, 2.24) is 16.0 Å². The summed E-state index contributed by atoms with van der Waals surface area (Å²) in [6.07, 6.45) is 0.833. The summed E-state index contributed by atoms with van der Waals surface area (Å²) >= 11 is 0. The lowest BCUT2D eigenvalue weighted by molar-refractivity contribution is -0.395. The average Bonchev–Trinajstić information content (AvgIpc) is 0.763. The van der Waals surface area contributed by atoms with E-state index in [1.807, 2.05) is 6.08 Å². The Morgan fingerprint density at radius 2 is 0.688 bits per heavy atom. The number of aliphatic hydroxyl groups excluding tert-OH is 15. The molecule has 5 fully saturated rings. The van der Waals surface area contributed by atoms with Crippen LogP contribution in [0, 0.1) is 0 Å². The lowest BCUT2D eigenvalue weighted by atomic mass is 9.93. The minimum atomic E-state index is -2.29. The van der Waals surface area contributed by atoms with E-state index in [2.05, 4.69) is 29.8 Å². The number of allylic oxidation sites excluding steroid dienone is 1. The second-order valence-electron chi connectivity index (χ2n) is 30.7. The normalized spacial score (nSPS) is 33.6. The quantitative estimate of drug-likeness (QED) is 0.0307. The fourth-order valence-corrected chi connectivity index (χ4v) is 15.0. The van der Waals surface area contributed by atoms with Crippen LogP contribution in [-0.2, 0) is 61.8 Å². The molecule has 5 saturated heterocycles. The molecule has 31 heteroatoms. The van der Waals surface area contributed by atoms with Crippen molar-refractivity contribution in [2.24, 2.45) is 0 Å². The number of rotatable bonds is 57. The van der Waals surface area contributed by atoms with Gasteiger partial charge in [0.1, 0.15) is 122 Å². The number of nitrogens with one attached hydrogen (secondary N) is 3. The summed E-state index contributed by atoms with van der Waals surface area (Å²) in [5.41, 5.74) is 0. The van der Waals surface area contributed by atoms with Gasteiger partial charge in [0.15, 0.2) is 31.5 Å². The van der Waals surface area contributed by atoms with Crippen LogP contribution in [-0.4, -0.2) is 300 Å². The van der Waals surface area contributed by atoms with E-state index in [-0.39, 0.29) is 12.3 Å². The van der Waals surface area contributed by atoms with Crippen molar-refractivity contribution < 1.29 is 138 Å². The Balaban J connectivity index is 1.25. The highest BCUT2D eigenvalue weighted by Crippen LogP contribution is 2.38. The van der Waals surface area contributed by atoms with Gasteiger partial charge in [-0.05, 0) is 19.3 Å². The van der Waals surface area contributed by atoms with Crippen molar-refractivity contribution >= 4 is 17.7 Å². The summed E-state index contributed by atoms with van der Waals surface area (Å²) in [5, 5.41) is 174. The van der Waals surface area contributed by atoms with Gasteiger partial charge in [-0.25, -0.2) is 0 Å². The molecule has 109 heavy (non-hydrogen) atoms. The van der Waals surface area contributed by atoms with Gasteiger partial charge in [-0.3, -0.25) is 14.4 Å². The van der Waals surface area contributed by atoms with Gasteiger partial charge in [0.2, 0.25) is 17.7 Å². The maximum atomic E-state index is 13.6. The number of aliphatic hydroxyl groups is 15. The molecule has 5 heterocycles. The van der Waals surface area contributed by atoms with Crippen LogP contribution in [0.5, 0.6) is 0 Å². The van der Waals surface area contributed by atoms with Crippen LogP contribution in [0.15, 0.2) is 12.2 Å². The van der Waals surface area contributed by atoms with Gasteiger partial charge in [0.05, 0.1) is 51.8 Å². The summed E-state index contributed by atoms with van der Waals surface area (Å²) in [7, 11) is 0. The van der Waals surface area contributed by atoms with Crippen molar-refractivity contribution in [3.05, 3.63) is 12.2 Å². The monoisotopic (exact) mass is 1570 g/mol. The standard InChI is InChI=1S/C78H143N3O28/c1-5-7-9-11-13-15-17-19-20-21-22-23-24-25-26-27-28-30-32-34-36-38-40-42-58(90)81-51(52(89)41-39-37-35-33-31-29-18-16-14-12-10-8-6-2)48-100-76-68(98)66(96)71(56(46-85)104-76)107-78-69(99)73(72(57(47-86)105-78)108-74-59(79-49(3)87)63(93)61(91)53(43-82)101-74)109-75-60(80-50(4)88)64(94)70(55(45-84)103-75)106-77-67(97)65(95)62(92)54(44-83)102-77/h39,41,51-57,59-78,82-86,89,91-99H,5-38,40,42-48H2,1-4H3,(H,79,87)(H,80,88)(H,81,90)/b41-39+/t51-,52+,53?,54?,55?,56?,57?,59?,60?,61-,62-,63+,64+,65-,66+,67?,68?,69?,70+,71+,72-,73+,74-,75-,76+,77-,78-/m0/s1. The number of amides is 3. The number of ether oxygens (including phenoxy) is 10. The van der Waals surface area contributed by atoms with E-state index in [9.17, 15) is 91.0 Å². The fraction of sp³-hybridized carbons (Fsp3) is 0.936. The van der Waals surface area contributed by atoms with Crippen molar-refractivity contribution in [2.75, 3.05) is 39.6 Å². The second kappa shape index (κ2) is 54.9. The van der Waals surface area contributed by atoms with Crippen LogP contribution >= 0.6 is 0 Å². The Morgan fingerprint density at radius 1 is 0.358 bits per heavy atom. The highest BCUT2D eigenvalue weighted by atomic mass is 16.8. The SMILES string of the molecule is CCCCCCCCCCCCC/C=C/[C@@H](O)[C@H](CO[C@@H]1OC(CO)[C@@H](O[C@@H]2OC(CO)[C@H](O[C@@H]3OC(CO)[C@H](O)[C@H](O)C3NC(C)=O)[C@H](O[C@@H]3OC(CO)[C@@H](O[C@@H]4OC(CO)[C@H](O)[C@H](O)C4O)[C@H](O)C3NC(C)=O)C2O)[C@H](O)C1O)NC(=O)CCCCCCCCCCCCCCCCCCCCCCCCC. The second-order valence-corrected chi connectivity index (χ2v) is 30.7. The average molecular weight is 1570 g/mol. The third-order valence-corrected chi connectivity index (χ3v) is 21.6. The lowest BCUT2D eigenvalue weighted by Gasteiger charge is -2.51. The van der Waals surface area contributed by atoms with Crippen molar-refractivity contribution in [3.63, 3.8) is 0 Å². The topological polar surface area (TPSA) is 483 Å². The Morgan fingerprint density at radius 3 is 1.13 bits per heavy atom. The third kappa shape index (κ3) is 33.0. The predicted molar refractivity (Wildman–Crippen MR) is 398 cm³/mol. The van der Waals surface area contributed by atoms with E-state index < -0.39 is 217 Å². The molecule has 0 bridgehead atoms. The van der Waals surface area contributed by atoms with Crippen LogP contribution in [0.25, 0.3) is 0 Å². The molecule has 31 nitrogen and oxygen atoms in total. The molecule has 5 aliphatic rings. The third-order valence-electron chi connectivity index (χ3n) is 21.6. The molecule has 638 valence electrons. The van der Waals surface area contributed by atoms with Gasteiger partial charge in [-0.2, -0.15) is 0 Å². The number of carbonyl (C=O) groups is 3. The summed E-state index contributed by atoms with van der Waals surface area (Å²) in [6, 6.07) is -4.56. The largest absolute Gasteiger partial charge is 0.394 e. The molecule has 0 spiro atoms. The number of unbranched alkanes of at least 4 members (excludes halogenated alkanes) is 33. The van der Waals surface area contributed by atoms with E-state index in [0.29, 0.717) is 12.8 Å². The molecular weight excluding hydrogens is 1430 g/mol. The summed E-state index contributed by atoms with van der Waals surface area (Å²) in [6.45, 7) is 1.24. The molecule has 18 N–H and O–H groups in total.